The summed E-state index contributed by atoms with van der Waals surface area (Å²) in [5.41, 5.74) is 1.57. The third kappa shape index (κ3) is 6.17. The zero-order valence-corrected chi connectivity index (χ0v) is 19.7. The summed E-state index contributed by atoms with van der Waals surface area (Å²) in [5.74, 6) is 0.940. The molecule has 0 aliphatic heterocycles. The van der Waals surface area contributed by atoms with Crippen molar-refractivity contribution in [2.24, 2.45) is 0 Å². The third-order valence-electron chi connectivity index (χ3n) is 4.40. The van der Waals surface area contributed by atoms with E-state index in [1.807, 2.05) is 13.8 Å². The van der Waals surface area contributed by atoms with Gasteiger partial charge in [0.05, 0.1) is 25.0 Å². The number of aryl methyl sites for hydroxylation is 2. The first-order valence-corrected chi connectivity index (χ1v) is 11.5. The van der Waals surface area contributed by atoms with Gasteiger partial charge in [0.15, 0.2) is 10.3 Å². The van der Waals surface area contributed by atoms with Crippen molar-refractivity contribution in [2.75, 3.05) is 23.5 Å². The molecule has 0 saturated carbocycles. The molecule has 3 aromatic rings. The van der Waals surface area contributed by atoms with Crippen molar-refractivity contribution in [3.63, 3.8) is 0 Å². The van der Waals surface area contributed by atoms with Gasteiger partial charge in [-0.2, -0.15) is 0 Å². The lowest BCUT2D eigenvalue weighted by atomic mass is 10.3. The van der Waals surface area contributed by atoms with Crippen LogP contribution in [0.5, 0.6) is 5.75 Å². The van der Waals surface area contributed by atoms with Gasteiger partial charge < -0.3 is 19.9 Å². The number of ether oxygens (including phenoxy) is 1. The normalized spacial score (nSPS) is 10.6. The van der Waals surface area contributed by atoms with Crippen molar-refractivity contribution in [1.82, 2.24) is 19.7 Å². The summed E-state index contributed by atoms with van der Waals surface area (Å²) in [4.78, 5) is 30.1. The summed E-state index contributed by atoms with van der Waals surface area (Å²) in [5, 5.41) is 15.0. The number of carbonyl (C=O) groups is 2. The highest BCUT2D eigenvalue weighted by atomic mass is 32.2. The second-order valence-electron chi connectivity index (χ2n) is 6.75. The van der Waals surface area contributed by atoms with Gasteiger partial charge in [0, 0.05) is 17.1 Å². The van der Waals surface area contributed by atoms with Crippen molar-refractivity contribution in [3.8, 4) is 5.75 Å². The predicted molar refractivity (Wildman–Crippen MR) is 126 cm³/mol. The predicted octanol–water partition coefficient (Wildman–Crippen LogP) is 3.46. The number of methoxy groups -OCH3 is 1. The van der Waals surface area contributed by atoms with Gasteiger partial charge in [-0.25, -0.2) is 4.98 Å². The van der Waals surface area contributed by atoms with Crippen molar-refractivity contribution >= 4 is 45.7 Å². The Labute approximate surface area is 194 Å². The molecule has 2 heterocycles. The number of amides is 2. The van der Waals surface area contributed by atoms with E-state index in [1.54, 1.807) is 42.0 Å². The maximum atomic E-state index is 12.5. The fourth-order valence-corrected chi connectivity index (χ4v) is 4.30. The van der Waals surface area contributed by atoms with E-state index in [1.165, 1.54) is 23.1 Å². The first-order valence-electron chi connectivity index (χ1n) is 9.73. The van der Waals surface area contributed by atoms with Crippen LogP contribution in [-0.4, -0.2) is 44.4 Å². The van der Waals surface area contributed by atoms with Gasteiger partial charge in [0.1, 0.15) is 11.6 Å². The number of thiazole rings is 1. The number of carbonyl (C=O) groups excluding carboxylic acids is 2. The Balaban J connectivity index is 1.59. The summed E-state index contributed by atoms with van der Waals surface area (Å²) in [7, 11) is 1.59. The molecule has 11 heteroatoms. The van der Waals surface area contributed by atoms with Crippen molar-refractivity contribution in [1.29, 1.82) is 0 Å². The lowest BCUT2D eigenvalue weighted by Crippen LogP contribution is -2.18. The summed E-state index contributed by atoms with van der Waals surface area (Å²) >= 11 is 2.67. The van der Waals surface area contributed by atoms with E-state index in [9.17, 15) is 9.59 Å². The Hall–Kier alpha value is -3.18. The number of thioether (sulfide) groups is 1. The topological polar surface area (TPSA) is 111 Å². The number of rotatable bonds is 10. The average molecular weight is 473 g/mol. The molecular formula is C21H24N6O3S2. The van der Waals surface area contributed by atoms with E-state index >= 15 is 0 Å². The molecule has 0 spiro atoms. The van der Waals surface area contributed by atoms with Gasteiger partial charge in [0.25, 0.3) is 0 Å². The fourth-order valence-electron chi connectivity index (χ4n) is 2.70. The molecule has 168 valence electrons. The Morgan fingerprint density at radius 3 is 2.56 bits per heavy atom. The van der Waals surface area contributed by atoms with Gasteiger partial charge in [-0.1, -0.05) is 17.8 Å². The van der Waals surface area contributed by atoms with E-state index in [0.717, 1.165) is 10.6 Å². The third-order valence-corrected chi connectivity index (χ3v) is 6.36. The van der Waals surface area contributed by atoms with Crippen LogP contribution in [0.3, 0.4) is 0 Å². The lowest BCUT2D eigenvalue weighted by Gasteiger charge is -2.08. The number of nitrogens with zero attached hydrogens (tertiary/aromatic N) is 4. The van der Waals surface area contributed by atoms with Gasteiger partial charge in [-0.05, 0) is 38.1 Å². The first-order chi connectivity index (χ1) is 15.4. The molecule has 0 saturated heterocycles. The molecule has 2 N–H and O–H groups in total. The molecular weight excluding hydrogens is 448 g/mol. The number of hydrogen-bond donors (Lipinski definition) is 2. The minimum absolute atomic E-state index is 0.0388. The molecule has 9 nitrogen and oxygen atoms in total. The summed E-state index contributed by atoms with van der Waals surface area (Å²) < 4.78 is 6.88. The standard InChI is InChI=1S/C21H24N6O3S2/c1-5-10-27-17(11-18(28)24-20-22-13(2)14(3)32-20)25-26-21(27)31-12-19(29)23-15-6-8-16(30-4)9-7-15/h5-9H,1,10-12H2,2-4H3,(H,23,29)(H,22,24,28). The number of nitrogens with one attached hydrogen (secondary N) is 2. The molecule has 0 radical (unpaired) electrons. The zero-order valence-electron chi connectivity index (χ0n) is 18.0. The van der Waals surface area contributed by atoms with Gasteiger partial charge in [0.2, 0.25) is 11.8 Å². The van der Waals surface area contributed by atoms with E-state index in [4.69, 9.17) is 4.74 Å². The second-order valence-corrected chi connectivity index (χ2v) is 8.89. The highest BCUT2D eigenvalue weighted by Crippen LogP contribution is 2.22. The van der Waals surface area contributed by atoms with Crippen LogP contribution in [0.15, 0.2) is 42.1 Å². The van der Waals surface area contributed by atoms with Crippen LogP contribution in [0, 0.1) is 13.8 Å². The quantitative estimate of drug-likeness (QED) is 0.343. The molecule has 0 fully saturated rings. The maximum Gasteiger partial charge on any atom is 0.234 e. The number of hydrogen-bond acceptors (Lipinski definition) is 8. The number of anilines is 2. The van der Waals surface area contributed by atoms with E-state index < -0.39 is 0 Å². The van der Waals surface area contributed by atoms with Crippen molar-refractivity contribution in [2.45, 2.75) is 32.0 Å². The largest absolute Gasteiger partial charge is 0.497 e. The average Bonchev–Trinajstić information content (AvgIpc) is 3.29. The lowest BCUT2D eigenvalue weighted by molar-refractivity contribution is -0.116. The molecule has 1 aromatic carbocycles. The monoisotopic (exact) mass is 472 g/mol. The highest BCUT2D eigenvalue weighted by Gasteiger charge is 2.17. The molecule has 2 amide bonds. The molecule has 0 atom stereocenters. The van der Waals surface area contributed by atoms with Crippen molar-refractivity contribution in [3.05, 3.63) is 53.3 Å². The number of benzene rings is 1. The van der Waals surface area contributed by atoms with Gasteiger partial charge >= 0.3 is 0 Å². The Morgan fingerprint density at radius 2 is 1.94 bits per heavy atom. The SMILES string of the molecule is C=CCn1c(CC(=O)Nc2nc(C)c(C)s2)nnc1SCC(=O)Nc1ccc(OC)cc1. The summed E-state index contributed by atoms with van der Waals surface area (Å²) in [6, 6.07) is 7.08. The Bertz CT molecular complexity index is 1090. The molecule has 0 bridgehead atoms. The Kier molecular flexibility index (Phi) is 8.01. The minimum atomic E-state index is -0.231. The van der Waals surface area contributed by atoms with Crippen LogP contribution in [-0.2, 0) is 22.6 Å². The molecule has 3 rings (SSSR count). The van der Waals surface area contributed by atoms with Gasteiger partial charge in [-0.3, -0.25) is 9.59 Å². The Morgan fingerprint density at radius 1 is 1.19 bits per heavy atom. The molecule has 32 heavy (non-hydrogen) atoms. The molecule has 2 aromatic heterocycles. The van der Waals surface area contributed by atoms with Gasteiger partial charge in [-0.15, -0.1) is 28.1 Å². The van der Waals surface area contributed by atoms with E-state index in [0.29, 0.717) is 34.1 Å². The maximum absolute atomic E-state index is 12.5. The first kappa shape index (κ1) is 23.5. The smallest absolute Gasteiger partial charge is 0.234 e. The second kappa shape index (κ2) is 10.9. The highest BCUT2D eigenvalue weighted by molar-refractivity contribution is 7.99. The van der Waals surface area contributed by atoms with Crippen LogP contribution in [0.2, 0.25) is 0 Å². The van der Waals surface area contributed by atoms with Crippen LogP contribution in [0.1, 0.15) is 16.4 Å². The van der Waals surface area contributed by atoms with Crippen molar-refractivity contribution < 1.29 is 14.3 Å². The van der Waals surface area contributed by atoms with E-state index in [-0.39, 0.29) is 24.0 Å². The molecule has 0 aliphatic carbocycles. The van der Waals surface area contributed by atoms with Crippen LogP contribution in [0.4, 0.5) is 10.8 Å². The summed E-state index contributed by atoms with van der Waals surface area (Å²) in [6.45, 7) is 8.04. The van der Waals surface area contributed by atoms with E-state index in [2.05, 4.69) is 32.4 Å². The number of aromatic nitrogens is 4. The molecule has 0 unspecified atom stereocenters. The van der Waals surface area contributed by atoms with Crippen LogP contribution >= 0.6 is 23.1 Å². The zero-order chi connectivity index (χ0) is 23.1. The van der Waals surface area contributed by atoms with Crippen LogP contribution < -0.4 is 15.4 Å². The minimum Gasteiger partial charge on any atom is -0.497 e. The molecule has 0 aliphatic rings. The number of allylic oxidation sites excluding steroid dienone is 1. The van der Waals surface area contributed by atoms with Crippen LogP contribution in [0.25, 0.3) is 0 Å². The fraction of sp³-hybridized carbons (Fsp3) is 0.286. The summed E-state index contributed by atoms with van der Waals surface area (Å²) in [6.07, 6.45) is 1.73.